The second-order valence-electron chi connectivity index (χ2n) is 8.59. The van der Waals surface area contributed by atoms with Crippen molar-refractivity contribution in [2.45, 2.75) is 18.7 Å². The molecular formula is C30H27N3O6S. The lowest BCUT2D eigenvalue weighted by molar-refractivity contribution is 0.0728. The van der Waals surface area contributed by atoms with E-state index in [-0.39, 0.29) is 16.2 Å². The molecule has 0 fully saturated rings. The third kappa shape index (κ3) is 7.33. The molecule has 0 spiro atoms. The van der Waals surface area contributed by atoms with Crippen molar-refractivity contribution in [2.75, 3.05) is 11.3 Å². The molecule has 2 N–H and O–H groups in total. The number of anilines is 1. The highest BCUT2D eigenvalue weighted by Gasteiger charge is 2.15. The number of hydrogen-bond donors (Lipinski definition) is 2. The van der Waals surface area contributed by atoms with Crippen LogP contribution in [-0.2, 0) is 10.0 Å². The first-order valence-electron chi connectivity index (χ1n) is 12.3. The van der Waals surface area contributed by atoms with Gasteiger partial charge in [-0.05, 0) is 86.1 Å². The molecule has 0 aliphatic carbocycles. The SMILES string of the molecule is CCOc1cc(/C=N/NC(=O)c2ccc(NS(=O)(=O)c3ccc(C)cc3)cc2)ccc1OC(=O)c1ccccc1. The number of aryl methyl sites for hydroxylation is 1. The largest absolute Gasteiger partial charge is 0.490 e. The van der Waals surface area contributed by atoms with Gasteiger partial charge in [0, 0.05) is 11.3 Å². The molecule has 10 heteroatoms. The van der Waals surface area contributed by atoms with Crippen LogP contribution in [0.1, 0.15) is 38.8 Å². The molecule has 9 nitrogen and oxygen atoms in total. The number of benzene rings is 4. The van der Waals surface area contributed by atoms with Crippen LogP contribution < -0.4 is 19.6 Å². The van der Waals surface area contributed by atoms with Gasteiger partial charge in [0.1, 0.15) is 0 Å². The van der Waals surface area contributed by atoms with Crippen LogP contribution in [0.15, 0.2) is 107 Å². The van der Waals surface area contributed by atoms with Crippen molar-refractivity contribution in [3.05, 3.63) is 119 Å². The number of hydrogen-bond acceptors (Lipinski definition) is 7. The maximum Gasteiger partial charge on any atom is 0.343 e. The molecule has 4 rings (SSSR count). The average Bonchev–Trinajstić information content (AvgIpc) is 2.95. The monoisotopic (exact) mass is 557 g/mol. The fourth-order valence-corrected chi connectivity index (χ4v) is 4.60. The molecule has 0 aromatic heterocycles. The van der Waals surface area contributed by atoms with Gasteiger partial charge < -0.3 is 9.47 Å². The fourth-order valence-electron chi connectivity index (χ4n) is 3.54. The van der Waals surface area contributed by atoms with E-state index >= 15 is 0 Å². The van der Waals surface area contributed by atoms with Crippen LogP contribution in [0, 0.1) is 6.92 Å². The Morgan fingerprint density at radius 2 is 1.55 bits per heavy atom. The fraction of sp³-hybridized carbons (Fsp3) is 0.100. The first-order chi connectivity index (χ1) is 19.2. The molecule has 0 saturated heterocycles. The number of hydrazone groups is 1. The van der Waals surface area contributed by atoms with E-state index in [1.807, 2.05) is 19.9 Å². The van der Waals surface area contributed by atoms with Gasteiger partial charge in [-0.1, -0.05) is 35.9 Å². The summed E-state index contributed by atoms with van der Waals surface area (Å²) in [6, 6.07) is 26.0. The Hall–Kier alpha value is -4.96. The number of carbonyl (C=O) groups excluding carboxylic acids is 2. The molecule has 0 saturated carbocycles. The summed E-state index contributed by atoms with van der Waals surface area (Å²) >= 11 is 0. The van der Waals surface area contributed by atoms with E-state index in [9.17, 15) is 18.0 Å². The van der Waals surface area contributed by atoms with E-state index in [4.69, 9.17) is 9.47 Å². The highest BCUT2D eigenvalue weighted by Crippen LogP contribution is 2.29. The number of carbonyl (C=O) groups is 2. The van der Waals surface area contributed by atoms with E-state index in [1.165, 1.54) is 42.6 Å². The lowest BCUT2D eigenvalue weighted by Crippen LogP contribution is -2.18. The zero-order valence-electron chi connectivity index (χ0n) is 21.8. The second kappa shape index (κ2) is 12.7. The minimum Gasteiger partial charge on any atom is -0.490 e. The molecule has 1 amide bonds. The van der Waals surface area contributed by atoms with Gasteiger partial charge in [-0.3, -0.25) is 9.52 Å². The Kier molecular flexibility index (Phi) is 8.93. The van der Waals surface area contributed by atoms with Gasteiger partial charge in [-0.2, -0.15) is 5.10 Å². The van der Waals surface area contributed by atoms with Crippen molar-refractivity contribution in [1.29, 1.82) is 0 Å². The third-order valence-corrected chi connectivity index (χ3v) is 6.99. The minimum atomic E-state index is -3.75. The standard InChI is InChI=1S/C30H27N3O6S/c1-3-38-28-19-22(11-18-27(28)39-30(35)24-7-5-4-6-8-24)20-31-32-29(34)23-12-14-25(15-13-23)33-40(36,37)26-16-9-21(2)10-17-26/h4-20,33H,3H2,1-2H3,(H,32,34)/b31-20+. The molecule has 0 aliphatic rings. The number of nitrogens with zero attached hydrogens (tertiary/aromatic N) is 1. The molecular weight excluding hydrogens is 530 g/mol. The number of nitrogens with one attached hydrogen (secondary N) is 2. The van der Waals surface area contributed by atoms with Crippen LogP contribution in [0.4, 0.5) is 5.69 Å². The summed E-state index contributed by atoms with van der Waals surface area (Å²) < 4.78 is 38.7. The number of rotatable bonds is 10. The van der Waals surface area contributed by atoms with E-state index in [0.717, 1.165) is 5.56 Å². The van der Waals surface area contributed by atoms with Crippen LogP contribution in [0.25, 0.3) is 0 Å². The van der Waals surface area contributed by atoms with E-state index in [0.29, 0.717) is 29.2 Å². The first-order valence-corrected chi connectivity index (χ1v) is 13.8. The second-order valence-corrected chi connectivity index (χ2v) is 10.3. The smallest absolute Gasteiger partial charge is 0.343 e. The number of amides is 1. The van der Waals surface area contributed by atoms with Gasteiger partial charge in [-0.15, -0.1) is 0 Å². The summed E-state index contributed by atoms with van der Waals surface area (Å²) in [5.74, 6) is -0.382. The quantitative estimate of drug-likeness (QED) is 0.120. The normalized spacial score (nSPS) is 11.2. The number of ether oxygens (including phenoxy) is 2. The Bertz CT molecular complexity index is 1620. The van der Waals surface area contributed by atoms with Gasteiger partial charge in [0.25, 0.3) is 15.9 Å². The summed E-state index contributed by atoms with van der Waals surface area (Å²) in [7, 11) is -3.75. The van der Waals surface area contributed by atoms with Crippen molar-refractivity contribution in [1.82, 2.24) is 5.43 Å². The Morgan fingerprint density at radius 1 is 0.850 bits per heavy atom. The maximum atomic E-state index is 12.6. The summed E-state index contributed by atoms with van der Waals surface area (Å²) in [6.07, 6.45) is 1.42. The highest BCUT2D eigenvalue weighted by atomic mass is 32.2. The van der Waals surface area contributed by atoms with Gasteiger partial charge in [0.05, 0.1) is 23.3 Å². The molecule has 0 aliphatic heterocycles. The Balaban J connectivity index is 1.37. The number of sulfonamides is 1. The van der Waals surface area contributed by atoms with Crippen LogP contribution in [-0.4, -0.2) is 33.1 Å². The maximum absolute atomic E-state index is 12.6. The summed E-state index contributed by atoms with van der Waals surface area (Å²) in [5, 5.41) is 3.99. The number of esters is 1. The van der Waals surface area contributed by atoms with Crippen molar-refractivity contribution in [3.8, 4) is 11.5 Å². The van der Waals surface area contributed by atoms with Gasteiger partial charge >= 0.3 is 5.97 Å². The van der Waals surface area contributed by atoms with Gasteiger partial charge in [-0.25, -0.2) is 18.6 Å². The van der Waals surface area contributed by atoms with E-state index < -0.39 is 21.9 Å². The summed E-state index contributed by atoms with van der Waals surface area (Å²) in [5.41, 5.74) is 5.00. The Labute approximate surface area is 232 Å². The molecule has 0 bridgehead atoms. The molecule has 0 atom stereocenters. The molecule has 204 valence electrons. The highest BCUT2D eigenvalue weighted by molar-refractivity contribution is 7.92. The van der Waals surface area contributed by atoms with Gasteiger partial charge in [0.15, 0.2) is 11.5 Å². The van der Waals surface area contributed by atoms with Crippen LogP contribution in [0.3, 0.4) is 0 Å². The third-order valence-electron chi connectivity index (χ3n) is 5.59. The van der Waals surface area contributed by atoms with Crippen LogP contribution >= 0.6 is 0 Å². The molecule has 0 unspecified atom stereocenters. The van der Waals surface area contributed by atoms with Crippen molar-refractivity contribution in [3.63, 3.8) is 0 Å². The topological polar surface area (TPSA) is 123 Å². The zero-order valence-corrected chi connectivity index (χ0v) is 22.6. The zero-order chi connectivity index (χ0) is 28.5. The first kappa shape index (κ1) is 28.1. The van der Waals surface area contributed by atoms with E-state index in [1.54, 1.807) is 54.6 Å². The molecule has 0 radical (unpaired) electrons. The minimum absolute atomic E-state index is 0.143. The predicted molar refractivity (Wildman–Crippen MR) is 153 cm³/mol. The Morgan fingerprint density at radius 3 is 2.23 bits per heavy atom. The lowest BCUT2D eigenvalue weighted by Gasteiger charge is -2.11. The molecule has 0 heterocycles. The van der Waals surface area contributed by atoms with Crippen LogP contribution in [0.5, 0.6) is 11.5 Å². The molecule has 40 heavy (non-hydrogen) atoms. The predicted octanol–water partition coefficient (Wildman–Crippen LogP) is 5.18. The van der Waals surface area contributed by atoms with E-state index in [2.05, 4.69) is 15.2 Å². The average molecular weight is 558 g/mol. The van der Waals surface area contributed by atoms with Crippen LogP contribution in [0.2, 0.25) is 0 Å². The van der Waals surface area contributed by atoms with Gasteiger partial charge in [0.2, 0.25) is 0 Å². The summed E-state index contributed by atoms with van der Waals surface area (Å²) in [6.45, 7) is 4.03. The summed E-state index contributed by atoms with van der Waals surface area (Å²) in [4.78, 5) is 25.1. The molecule has 4 aromatic carbocycles. The lowest BCUT2D eigenvalue weighted by atomic mass is 10.2. The van der Waals surface area contributed by atoms with Crippen molar-refractivity contribution in [2.24, 2.45) is 5.10 Å². The van der Waals surface area contributed by atoms with Crippen molar-refractivity contribution >= 4 is 33.8 Å². The molecule has 4 aromatic rings. The van der Waals surface area contributed by atoms with Crippen molar-refractivity contribution < 1.29 is 27.5 Å².